The minimum Gasteiger partial charge on any atom is -0.382 e. The monoisotopic (exact) mass is 284 g/mol. The van der Waals surface area contributed by atoms with Crippen molar-refractivity contribution in [2.45, 2.75) is 6.73 Å². The number of pyridine rings is 1. The van der Waals surface area contributed by atoms with Gasteiger partial charge >= 0.3 is 0 Å². The third-order valence-corrected chi connectivity index (χ3v) is 2.88. The van der Waals surface area contributed by atoms with Gasteiger partial charge in [-0.15, -0.1) is 0 Å². The predicted octanol–water partition coefficient (Wildman–Crippen LogP) is 2.42. The third kappa shape index (κ3) is 2.42. The molecule has 0 aliphatic rings. The molecule has 0 radical (unpaired) electrons. The van der Waals surface area contributed by atoms with Crippen molar-refractivity contribution in [2.75, 3.05) is 20.3 Å². The minimum absolute atomic E-state index is 0.489. The number of rotatable bonds is 5. The quantitative estimate of drug-likeness (QED) is 0.792. The van der Waals surface area contributed by atoms with E-state index in [0.29, 0.717) is 19.9 Å². The van der Waals surface area contributed by atoms with E-state index in [9.17, 15) is 0 Å². The van der Waals surface area contributed by atoms with Crippen LogP contribution in [0.1, 0.15) is 0 Å². The summed E-state index contributed by atoms with van der Waals surface area (Å²) in [5, 5.41) is 1.10. The largest absolute Gasteiger partial charge is 0.382 e. The SMILES string of the molecule is COCCOCn1cc(Br)c2cccnc21. The van der Waals surface area contributed by atoms with Crippen LogP contribution in [0.4, 0.5) is 0 Å². The molecule has 16 heavy (non-hydrogen) atoms. The fourth-order valence-corrected chi connectivity index (χ4v) is 2.04. The van der Waals surface area contributed by atoms with Crippen LogP contribution in [-0.4, -0.2) is 29.9 Å². The lowest BCUT2D eigenvalue weighted by Crippen LogP contribution is -2.06. The molecule has 5 heteroatoms. The summed E-state index contributed by atoms with van der Waals surface area (Å²) in [6.45, 7) is 1.68. The molecule has 2 rings (SSSR count). The summed E-state index contributed by atoms with van der Waals surface area (Å²) in [4.78, 5) is 4.32. The fraction of sp³-hybridized carbons (Fsp3) is 0.364. The van der Waals surface area contributed by atoms with Crippen LogP contribution in [-0.2, 0) is 16.2 Å². The van der Waals surface area contributed by atoms with Crippen LogP contribution in [0.3, 0.4) is 0 Å². The van der Waals surface area contributed by atoms with Crippen molar-refractivity contribution >= 4 is 27.0 Å². The van der Waals surface area contributed by atoms with Gasteiger partial charge in [-0.3, -0.25) is 0 Å². The number of fused-ring (bicyclic) bond motifs is 1. The molecule has 0 saturated carbocycles. The average Bonchev–Trinajstić information content (AvgIpc) is 2.63. The Balaban J connectivity index is 2.12. The topological polar surface area (TPSA) is 36.3 Å². The smallest absolute Gasteiger partial charge is 0.142 e. The molecule has 0 aliphatic heterocycles. The standard InChI is InChI=1S/C11H13BrN2O2/c1-15-5-6-16-8-14-7-10(12)9-3-2-4-13-11(9)14/h2-4,7H,5-6,8H2,1H3. The van der Waals surface area contributed by atoms with E-state index in [1.165, 1.54) is 0 Å². The number of methoxy groups -OCH3 is 1. The highest BCUT2D eigenvalue weighted by Crippen LogP contribution is 2.24. The lowest BCUT2D eigenvalue weighted by molar-refractivity contribution is 0.0358. The van der Waals surface area contributed by atoms with Gasteiger partial charge in [-0.1, -0.05) is 0 Å². The van der Waals surface area contributed by atoms with Crippen molar-refractivity contribution in [1.82, 2.24) is 9.55 Å². The second kappa shape index (κ2) is 5.43. The average molecular weight is 285 g/mol. The van der Waals surface area contributed by atoms with E-state index in [0.717, 1.165) is 15.5 Å². The van der Waals surface area contributed by atoms with Crippen LogP contribution in [0.25, 0.3) is 11.0 Å². The molecular formula is C11H13BrN2O2. The number of hydrogen-bond acceptors (Lipinski definition) is 3. The van der Waals surface area contributed by atoms with Gasteiger partial charge in [-0.25, -0.2) is 4.98 Å². The summed E-state index contributed by atoms with van der Waals surface area (Å²) in [6.07, 6.45) is 3.75. The van der Waals surface area contributed by atoms with Crippen LogP contribution in [0.5, 0.6) is 0 Å². The van der Waals surface area contributed by atoms with E-state index < -0.39 is 0 Å². The molecule has 0 atom stereocenters. The van der Waals surface area contributed by atoms with Crippen molar-refractivity contribution in [3.8, 4) is 0 Å². The summed E-state index contributed by atoms with van der Waals surface area (Å²) in [6, 6.07) is 3.95. The van der Waals surface area contributed by atoms with E-state index >= 15 is 0 Å². The highest BCUT2D eigenvalue weighted by atomic mass is 79.9. The first-order valence-electron chi connectivity index (χ1n) is 4.99. The number of halogens is 1. The summed E-state index contributed by atoms with van der Waals surface area (Å²) in [5.41, 5.74) is 0.923. The second-order valence-electron chi connectivity index (χ2n) is 3.35. The van der Waals surface area contributed by atoms with Gasteiger partial charge in [0.1, 0.15) is 12.4 Å². The molecule has 0 aromatic carbocycles. The second-order valence-corrected chi connectivity index (χ2v) is 4.21. The Morgan fingerprint density at radius 3 is 3.12 bits per heavy atom. The Morgan fingerprint density at radius 1 is 1.44 bits per heavy atom. The zero-order valence-corrected chi connectivity index (χ0v) is 10.6. The summed E-state index contributed by atoms with van der Waals surface area (Å²) in [7, 11) is 1.66. The summed E-state index contributed by atoms with van der Waals surface area (Å²) in [5.74, 6) is 0. The van der Waals surface area contributed by atoms with Crippen LogP contribution in [0.2, 0.25) is 0 Å². The molecule has 2 aromatic heterocycles. The maximum Gasteiger partial charge on any atom is 0.142 e. The van der Waals surface area contributed by atoms with Crippen LogP contribution in [0, 0.1) is 0 Å². The Labute approximate surface area is 102 Å². The molecule has 0 saturated heterocycles. The van der Waals surface area contributed by atoms with Gasteiger partial charge in [-0.2, -0.15) is 0 Å². The number of ether oxygens (including phenoxy) is 2. The number of nitrogens with zero attached hydrogens (tertiary/aromatic N) is 2. The molecule has 0 N–H and O–H groups in total. The molecular weight excluding hydrogens is 272 g/mol. The Hall–Kier alpha value is -0.910. The normalized spacial score (nSPS) is 11.1. The fourth-order valence-electron chi connectivity index (χ4n) is 1.48. The van der Waals surface area contributed by atoms with Gasteiger partial charge in [0, 0.05) is 29.4 Å². The van der Waals surface area contributed by atoms with Crippen molar-refractivity contribution in [1.29, 1.82) is 0 Å². The summed E-state index contributed by atoms with van der Waals surface area (Å²) >= 11 is 3.50. The van der Waals surface area contributed by atoms with Crippen LogP contribution in [0.15, 0.2) is 29.0 Å². The number of hydrogen-bond donors (Lipinski definition) is 0. The molecule has 0 spiro atoms. The highest BCUT2D eigenvalue weighted by molar-refractivity contribution is 9.10. The maximum absolute atomic E-state index is 5.46. The van der Waals surface area contributed by atoms with Crippen molar-refractivity contribution in [3.63, 3.8) is 0 Å². The van der Waals surface area contributed by atoms with Gasteiger partial charge in [-0.05, 0) is 28.1 Å². The zero-order valence-electron chi connectivity index (χ0n) is 9.02. The first-order chi connectivity index (χ1) is 7.83. The molecule has 0 unspecified atom stereocenters. The molecule has 0 aliphatic carbocycles. The maximum atomic E-state index is 5.46. The Kier molecular flexibility index (Phi) is 3.93. The van der Waals surface area contributed by atoms with Gasteiger partial charge in [0.2, 0.25) is 0 Å². The molecule has 0 bridgehead atoms. The van der Waals surface area contributed by atoms with Gasteiger partial charge in [0.15, 0.2) is 0 Å². The molecule has 4 nitrogen and oxygen atoms in total. The van der Waals surface area contributed by atoms with Crippen molar-refractivity contribution in [2.24, 2.45) is 0 Å². The molecule has 2 heterocycles. The predicted molar refractivity (Wildman–Crippen MR) is 65.3 cm³/mol. The Morgan fingerprint density at radius 2 is 2.31 bits per heavy atom. The Bertz CT molecular complexity index is 470. The first-order valence-corrected chi connectivity index (χ1v) is 5.78. The molecule has 0 fully saturated rings. The summed E-state index contributed by atoms with van der Waals surface area (Å²) < 4.78 is 13.4. The van der Waals surface area contributed by atoms with Gasteiger partial charge < -0.3 is 14.0 Å². The first kappa shape index (κ1) is 11.6. The lowest BCUT2D eigenvalue weighted by atomic mass is 10.3. The molecule has 86 valence electrons. The van der Waals surface area contributed by atoms with E-state index in [4.69, 9.17) is 9.47 Å². The molecule has 2 aromatic rings. The van der Waals surface area contributed by atoms with E-state index in [1.807, 2.05) is 22.9 Å². The van der Waals surface area contributed by atoms with E-state index in [1.54, 1.807) is 13.3 Å². The zero-order chi connectivity index (χ0) is 11.4. The number of aromatic nitrogens is 2. The van der Waals surface area contributed by atoms with Crippen molar-refractivity contribution < 1.29 is 9.47 Å². The van der Waals surface area contributed by atoms with E-state index in [2.05, 4.69) is 20.9 Å². The van der Waals surface area contributed by atoms with Crippen molar-refractivity contribution in [3.05, 3.63) is 29.0 Å². The third-order valence-electron chi connectivity index (χ3n) is 2.25. The highest BCUT2D eigenvalue weighted by Gasteiger charge is 2.06. The molecule has 0 amide bonds. The van der Waals surface area contributed by atoms with Crippen LogP contribution >= 0.6 is 15.9 Å². The lowest BCUT2D eigenvalue weighted by Gasteiger charge is -2.05. The van der Waals surface area contributed by atoms with Crippen LogP contribution < -0.4 is 0 Å². The van der Waals surface area contributed by atoms with Gasteiger partial charge in [0.25, 0.3) is 0 Å². The van der Waals surface area contributed by atoms with Gasteiger partial charge in [0.05, 0.1) is 13.2 Å². The van der Waals surface area contributed by atoms with E-state index in [-0.39, 0.29) is 0 Å². The minimum atomic E-state index is 0.489.